The number of benzene rings is 1. The number of aryl methyl sites for hydroxylation is 1. The highest BCUT2D eigenvalue weighted by atomic mass is 19.1. The molecule has 18 heavy (non-hydrogen) atoms. The molecule has 1 N–H and O–H groups in total. The number of rotatable bonds is 3. The Morgan fingerprint density at radius 1 is 1.33 bits per heavy atom. The SMILES string of the molecule is Cc1ccn(Cc2cc(F)ccc2F)c1C(=O)O. The molecule has 0 saturated heterocycles. The number of hydrogen-bond acceptors (Lipinski definition) is 1. The maximum absolute atomic E-state index is 13.5. The highest BCUT2D eigenvalue weighted by molar-refractivity contribution is 5.87. The molecule has 3 nitrogen and oxygen atoms in total. The summed E-state index contributed by atoms with van der Waals surface area (Å²) < 4.78 is 27.9. The second-order valence-electron chi connectivity index (χ2n) is 4.02. The summed E-state index contributed by atoms with van der Waals surface area (Å²) in [5.74, 6) is -2.19. The average Bonchev–Trinajstić information content (AvgIpc) is 2.65. The van der Waals surface area contributed by atoms with Gasteiger partial charge >= 0.3 is 5.97 Å². The van der Waals surface area contributed by atoms with Crippen molar-refractivity contribution in [1.82, 2.24) is 4.57 Å². The lowest BCUT2D eigenvalue weighted by atomic mass is 10.2. The number of carbonyl (C=O) groups is 1. The smallest absolute Gasteiger partial charge is 0.352 e. The first kappa shape index (κ1) is 12.3. The third-order valence-corrected chi connectivity index (χ3v) is 2.72. The fraction of sp³-hybridized carbons (Fsp3) is 0.154. The third-order valence-electron chi connectivity index (χ3n) is 2.72. The number of hydrogen-bond donors (Lipinski definition) is 1. The molecule has 0 aliphatic heterocycles. The van der Waals surface area contributed by atoms with Gasteiger partial charge in [0.05, 0.1) is 6.54 Å². The summed E-state index contributed by atoms with van der Waals surface area (Å²) >= 11 is 0. The van der Waals surface area contributed by atoms with Gasteiger partial charge in [0.25, 0.3) is 0 Å². The molecule has 0 spiro atoms. The lowest BCUT2D eigenvalue weighted by molar-refractivity contribution is 0.0685. The van der Waals surface area contributed by atoms with Crippen LogP contribution in [0.2, 0.25) is 0 Å². The van der Waals surface area contributed by atoms with Crippen molar-refractivity contribution in [2.75, 3.05) is 0 Å². The molecule has 0 aliphatic rings. The first-order chi connectivity index (χ1) is 8.49. The van der Waals surface area contributed by atoms with E-state index in [4.69, 9.17) is 5.11 Å². The van der Waals surface area contributed by atoms with Crippen LogP contribution >= 0.6 is 0 Å². The molecule has 0 unspecified atom stereocenters. The van der Waals surface area contributed by atoms with Crippen LogP contribution in [0.1, 0.15) is 21.6 Å². The average molecular weight is 251 g/mol. The van der Waals surface area contributed by atoms with Crippen molar-refractivity contribution in [3.8, 4) is 0 Å². The maximum Gasteiger partial charge on any atom is 0.352 e. The van der Waals surface area contributed by atoms with E-state index in [1.165, 1.54) is 4.57 Å². The Hall–Kier alpha value is -2.17. The van der Waals surface area contributed by atoms with Crippen LogP contribution < -0.4 is 0 Å². The molecular formula is C13H11F2NO2. The molecule has 0 atom stereocenters. The van der Waals surface area contributed by atoms with Gasteiger partial charge in [-0.05, 0) is 36.8 Å². The molecule has 0 saturated carbocycles. The van der Waals surface area contributed by atoms with Crippen LogP contribution in [0.5, 0.6) is 0 Å². The van der Waals surface area contributed by atoms with Crippen molar-refractivity contribution in [1.29, 1.82) is 0 Å². The van der Waals surface area contributed by atoms with E-state index in [0.29, 0.717) is 5.56 Å². The summed E-state index contributed by atoms with van der Waals surface area (Å²) in [6, 6.07) is 4.75. The monoisotopic (exact) mass is 251 g/mol. The van der Waals surface area contributed by atoms with Crippen molar-refractivity contribution in [2.45, 2.75) is 13.5 Å². The molecule has 1 aromatic heterocycles. The van der Waals surface area contributed by atoms with E-state index >= 15 is 0 Å². The minimum Gasteiger partial charge on any atom is -0.477 e. The molecule has 2 aromatic rings. The summed E-state index contributed by atoms with van der Waals surface area (Å²) in [5, 5.41) is 9.05. The van der Waals surface area contributed by atoms with Gasteiger partial charge in [-0.25, -0.2) is 13.6 Å². The predicted molar refractivity (Wildman–Crippen MR) is 61.6 cm³/mol. The van der Waals surface area contributed by atoms with Crippen LogP contribution in [-0.2, 0) is 6.54 Å². The molecule has 0 bridgehead atoms. The van der Waals surface area contributed by atoms with Crippen molar-refractivity contribution in [3.05, 3.63) is 58.9 Å². The summed E-state index contributed by atoms with van der Waals surface area (Å²) in [7, 11) is 0. The van der Waals surface area contributed by atoms with Crippen LogP contribution in [0, 0.1) is 18.6 Å². The van der Waals surface area contributed by atoms with Crippen molar-refractivity contribution >= 4 is 5.97 Å². The fourth-order valence-electron chi connectivity index (χ4n) is 1.85. The van der Waals surface area contributed by atoms with Gasteiger partial charge in [-0.3, -0.25) is 0 Å². The Balaban J connectivity index is 2.40. The summed E-state index contributed by atoms with van der Waals surface area (Å²) in [6.45, 7) is 1.64. The zero-order chi connectivity index (χ0) is 13.3. The molecule has 1 aromatic carbocycles. The molecule has 0 aliphatic carbocycles. The molecule has 2 rings (SSSR count). The summed E-state index contributed by atoms with van der Waals surface area (Å²) in [4.78, 5) is 11.1. The van der Waals surface area contributed by atoms with Gasteiger partial charge in [0.15, 0.2) is 0 Å². The van der Waals surface area contributed by atoms with Crippen LogP contribution in [-0.4, -0.2) is 15.6 Å². The Morgan fingerprint density at radius 2 is 2.06 bits per heavy atom. The van der Waals surface area contributed by atoms with Crippen molar-refractivity contribution < 1.29 is 18.7 Å². The second-order valence-corrected chi connectivity index (χ2v) is 4.02. The van der Waals surface area contributed by atoms with Crippen molar-refractivity contribution in [2.24, 2.45) is 0 Å². The van der Waals surface area contributed by atoms with E-state index in [1.54, 1.807) is 19.2 Å². The highest BCUT2D eigenvalue weighted by Crippen LogP contribution is 2.16. The second kappa shape index (κ2) is 4.60. The number of halogens is 2. The first-order valence-corrected chi connectivity index (χ1v) is 5.32. The zero-order valence-corrected chi connectivity index (χ0v) is 9.65. The van der Waals surface area contributed by atoms with E-state index in [9.17, 15) is 13.6 Å². The van der Waals surface area contributed by atoms with Gasteiger partial charge in [-0.2, -0.15) is 0 Å². The minimum atomic E-state index is -1.09. The number of nitrogens with zero attached hydrogens (tertiary/aromatic N) is 1. The van der Waals surface area contributed by atoms with Gasteiger partial charge in [0.1, 0.15) is 17.3 Å². The van der Waals surface area contributed by atoms with E-state index in [1.807, 2.05) is 0 Å². The number of aromatic nitrogens is 1. The maximum atomic E-state index is 13.5. The van der Waals surface area contributed by atoms with E-state index in [0.717, 1.165) is 18.2 Å². The van der Waals surface area contributed by atoms with Gasteiger partial charge in [-0.15, -0.1) is 0 Å². The molecule has 1 heterocycles. The molecule has 94 valence electrons. The van der Waals surface area contributed by atoms with Crippen LogP contribution in [0.15, 0.2) is 30.5 Å². The minimum absolute atomic E-state index is 0.0148. The lowest BCUT2D eigenvalue weighted by Crippen LogP contribution is -2.11. The Morgan fingerprint density at radius 3 is 2.72 bits per heavy atom. The van der Waals surface area contributed by atoms with E-state index in [-0.39, 0.29) is 17.8 Å². The highest BCUT2D eigenvalue weighted by Gasteiger charge is 2.14. The molecule has 0 amide bonds. The fourth-order valence-corrected chi connectivity index (χ4v) is 1.85. The number of carboxylic acid groups (broad SMARTS) is 1. The first-order valence-electron chi connectivity index (χ1n) is 5.32. The number of carboxylic acids is 1. The van der Waals surface area contributed by atoms with E-state index in [2.05, 4.69) is 0 Å². The zero-order valence-electron chi connectivity index (χ0n) is 9.65. The Bertz CT molecular complexity index is 605. The van der Waals surface area contributed by atoms with Gasteiger partial charge < -0.3 is 9.67 Å². The largest absolute Gasteiger partial charge is 0.477 e. The topological polar surface area (TPSA) is 42.2 Å². The van der Waals surface area contributed by atoms with Crippen molar-refractivity contribution in [3.63, 3.8) is 0 Å². The normalized spacial score (nSPS) is 10.6. The number of aromatic carboxylic acids is 1. The standard InChI is InChI=1S/C13H11F2NO2/c1-8-4-5-16(12(8)13(17)18)7-9-6-10(14)2-3-11(9)15/h2-6H,7H2,1H3,(H,17,18). The van der Waals surface area contributed by atoms with Gasteiger partial charge in [0, 0.05) is 11.8 Å². The summed E-state index contributed by atoms with van der Waals surface area (Å²) in [5.41, 5.74) is 0.783. The molecular weight excluding hydrogens is 240 g/mol. The van der Waals surface area contributed by atoms with Crippen LogP contribution in [0.4, 0.5) is 8.78 Å². The molecule has 5 heteroatoms. The van der Waals surface area contributed by atoms with E-state index < -0.39 is 17.6 Å². The van der Waals surface area contributed by atoms with Gasteiger partial charge in [0.2, 0.25) is 0 Å². The van der Waals surface area contributed by atoms with Crippen LogP contribution in [0.25, 0.3) is 0 Å². The Kier molecular flexibility index (Phi) is 3.14. The van der Waals surface area contributed by atoms with Crippen LogP contribution in [0.3, 0.4) is 0 Å². The lowest BCUT2D eigenvalue weighted by Gasteiger charge is -2.08. The Labute approximate surface area is 102 Å². The third kappa shape index (κ3) is 2.25. The molecule has 0 fully saturated rings. The molecule has 0 radical (unpaired) electrons. The summed E-state index contributed by atoms with van der Waals surface area (Å²) in [6.07, 6.45) is 1.54. The van der Waals surface area contributed by atoms with Gasteiger partial charge in [-0.1, -0.05) is 0 Å². The quantitative estimate of drug-likeness (QED) is 0.911. The predicted octanol–water partition coefficient (Wildman–Crippen LogP) is 2.82.